The first-order valence-electron chi connectivity index (χ1n) is 7.05. The topological polar surface area (TPSA) is 35.5 Å². The van der Waals surface area contributed by atoms with Crippen LogP contribution in [0.2, 0.25) is 0 Å². The van der Waals surface area contributed by atoms with Gasteiger partial charge in [0.05, 0.1) is 12.2 Å². The summed E-state index contributed by atoms with van der Waals surface area (Å²) in [5.74, 6) is 0. The average Bonchev–Trinajstić information content (AvgIpc) is 2.46. The van der Waals surface area contributed by atoms with Gasteiger partial charge in [-0.05, 0) is 30.2 Å². The van der Waals surface area contributed by atoms with Gasteiger partial charge in [-0.2, -0.15) is 13.2 Å². The third kappa shape index (κ3) is 5.37. The molecule has 3 nitrogen and oxygen atoms in total. The Bertz CT molecular complexity index is 581. The third-order valence-electron chi connectivity index (χ3n) is 3.20. The van der Waals surface area contributed by atoms with Crippen LogP contribution in [-0.4, -0.2) is 23.4 Å². The summed E-state index contributed by atoms with van der Waals surface area (Å²) in [5, 5.41) is -0.0278. The smallest absolute Gasteiger partial charge is 0.349 e. The van der Waals surface area contributed by atoms with Crippen LogP contribution in [0, 0.1) is 0 Å². The Kier molecular flexibility index (Phi) is 5.89. The molecule has 1 saturated heterocycles. The van der Waals surface area contributed by atoms with Gasteiger partial charge in [-0.3, -0.25) is 4.79 Å². The van der Waals surface area contributed by atoms with Crippen molar-refractivity contribution >= 4 is 23.0 Å². The molecule has 23 heavy (non-hydrogen) atoms. The molecule has 1 aromatic rings. The first-order valence-corrected chi connectivity index (χ1v) is 7.93. The molecular formula is C16H17F3O3S. The molecule has 0 N–H and O–H groups in total. The van der Waals surface area contributed by atoms with Crippen LogP contribution in [0.1, 0.15) is 31.4 Å². The minimum Gasteiger partial charge on any atom is -0.349 e. The zero-order valence-corrected chi connectivity index (χ0v) is 13.5. The van der Waals surface area contributed by atoms with E-state index in [9.17, 15) is 18.0 Å². The molecule has 1 aliphatic heterocycles. The number of carbonyl (C=O) groups excluding carboxylic acids is 1. The van der Waals surface area contributed by atoms with E-state index in [0.29, 0.717) is 18.6 Å². The van der Waals surface area contributed by atoms with Crippen molar-refractivity contribution in [1.82, 2.24) is 0 Å². The van der Waals surface area contributed by atoms with E-state index in [-0.39, 0.29) is 10.6 Å². The quantitative estimate of drug-likeness (QED) is 0.808. The van der Waals surface area contributed by atoms with E-state index in [2.05, 4.69) is 0 Å². The number of carbonyl (C=O) groups is 1. The Morgan fingerprint density at radius 1 is 1.26 bits per heavy atom. The number of alkyl halides is 3. The number of thioether (sulfide) groups is 1. The van der Waals surface area contributed by atoms with E-state index in [0.717, 1.165) is 29.5 Å². The van der Waals surface area contributed by atoms with Crippen LogP contribution in [0.5, 0.6) is 0 Å². The van der Waals surface area contributed by atoms with Crippen LogP contribution < -0.4 is 0 Å². The highest BCUT2D eigenvalue weighted by atomic mass is 32.2. The summed E-state index contributed by atoms with van der Waals surface area (Å²) in [4.78, 5) is 11.1. The maximum absolute atomic E-state index is 12.5. The normalized spacial score (nSPS) is 22.9. The van der Waals surface area contributed by atoms with Gasteiger partial charge in [-0.1, -0.05) is 30.0 Å². The maximum atomic E-state index is 12.5. The van der Waals surface area contributed by atoms with Gasteiger partial charge >= 0.3 is 6.18 Å². The lowest BCUT2D eigenvalue weighted by molar-refractivity contribution is -0.166. The van der Waals surface area contributed by atoms with Gasteiger partial charge in [0.25, 0.3) is 0 Å². The monoisotopic (exact) mass is 346 g/mol. The number of benzene rings is 1. The zero-order chi connectivity index (χ0) is 17.0. The van der Waals surface area contributed by atoms with Crippen LogP contribution in [0.3, 0.4) is 0 Å². The van der Waals surface area contributed by atoms with E-state index in [1.165, 1.54) is 19.1 Å². The Morgan fingerprint density at radius 2 is 1.91 bits per heavy atom. The van der Waals surface area contributed by atoms with Crippen molar-refractivity contribution in [3.63, 3.8) is 0 Å². The fourth-order valence-corrected chi connectivity index (χ4v) is 2.87. The first kappa shape index (κ1) is 18.0. The lowest BCUT2D eigenvalue weighted by Gasteiger charge is -2.29. The summed E-state index contributed by atoms with van der Waals surface area (Å²) in [6.07, 6.45) is -2.60. The predicted molar refractivity (Wildman–Crippen MR) is 82.6 cm³/mol. The minimum absolute atomic E-state index is 0.0278. The summed E-state index contributed by atoms with van der Waals surface area (Å²) >= 11 is 1.11. The molecule has 0 saturated carbocycles. The van der Waals surface area contributed by atoms with E-state index < -0.39 is 18.0 Å². The molecule has 1 aromatic carbocycles. The maximum Gasteiger partial charge on any atom is 0.416 e. The molecule has 7 heteroatoms. The SMILES string of the molecule is CC(=O)S[C@H]1CCO[C@H](C(C)=Cc2ccc(C(F)(F)F)cc2)O1. The van der Waals surface area contributed by atoms with Gasteiger partial charge in [0, 0.05) is 13.3 Å². The Balaban J connectivity index is 2.05. The van der Waals surface area contributed by atoms with E-state index in [4.69, 9.17) is 9.47 Å². The van der Waals surface area contributed by atoms with Crippen LogP contribution in [0.15, 0.2) is 29.8 Å². The second kappa shape index (κ2) is 7.51. The Hall–Kier alpha value is -1.31. The van der Waals surface area contributed by atoms with Crippen molar-refractivity contribution in [3.05, 3.63) is 41.0 Å². The molecule has 0 radical (unpaired) electrons. The van der Waals surface area contributed by atoms with Crippen molar-refractivity contribution in [2.45, 2.75) is 38.2 Å². The second-order valence-corrected chi connectivity index (χ2v) is 6.51. The number of ether oxygens (including phenoxy) is 2. The highest BCUT2D eigenvalue weighted by Crippen LogP contribution is 2.30. The average molecular weight is 346 g/mol. The summed E-state index contributed by atoms with van der Waals surface area (Å²) in [6, 6.07) is 4.88. The van der Waals surface area contributed by atoms with Gasteiger partial charge < -0.3 is 9.47 Å². The largest absolute Gasteiger partial charge is 0.416 e. The zero-order valence-electron chi connectivity index (χ0n) is 12.7. The van der Waals surface area contributed by atoms with Crippen LogP contribution in [0.4, 0.5) is 13.2 Å². The molecule has 126 valence electrons. The first-order chi connectivity index (χ1) is 10.8. The van der Waals surface area contributed by atoms with E-state index in [1.807, 2.05) is 0 Å². The van der Waals surface area contributed by atoms with Crippen molar-refractivity contribution in [3.8, 4) is 0 Å². The second-order valence-electron chi connectivity index (χ2n) is 5.17. The number of hydrogen-bond acceptors (Lipinski definition) is 4. The molecule has 0 bridgehead atoms. The lowest BCUT2D eigenvalue weighted by atomic mass is 10.1. The van der Waals surface area contributed by atoms with Gasteiger partial charge in [0.1, 0.15) is 5.44 Å². The van der Waals surface area contributed by atoms with Crippen LogP contribution in [0.25, 0.3) is 6.08 Å². The fraction of sp³-hybridized carbons (Fsp3) is 0.438. The summed E-state index contributed by atoms with van der Waals surface area (Å²) in [5.41, 5.74) is 0.417. The number of hydrogen-bond donors (Lipinski definition) is 0. The molecule has 1 aliphatic rings. The summed E-state index contributed by atoms with van der Waals surface area (Å²) in [6.45, 7) is 3.72. The molecule has 1 heterocycles. The van der Waals surface area contributed by atoms with Crippen molar-refractivity contribution in [2.75, 3.05) is 6.61 Å². The summed E-state index contributed by atoms with van der Waals surface area (Å²) in [7, 11) is 0. The number of halogens is 3. The molecule has 1 fully saturated rings. The van der Waals surface area contributed by atoms with Crippen LogP contribution >= 0.6 is 11.8 Å². The Morgan fingerprint density at radius 3 is 2.48 bits per heavy atom. The van der Waals surface area contributed by atoms with Crippen molar-refractivity contribution in [1.29, 1.82) is 0 Å². The molecule has 2 atom stereocenters. The third-order valence-corrected chi connectivity index (χ3v) is 4.14. The predicted octanol–water partition coefficient (Wildman–Crippen LogP) is 4.48. The standard InChI is InChI=1S/C16H17F3O3S/c1-10(15-21-8-7-14(22-15)23-11(2)20)9-12-3-5-13(6-4-12)16(17,18)19/h3-6,9,14-15H,7-8H2,1-2H3/t14-,15-/m0/s1. The molecule has 0 amide bonds. The number of rotatable bonds is 3. The van der Waals surface area contributed by atoms with Gasteiger partial charge in [-0.15, -0.1) is 0 Å². The van der Waals surface area contributed by atoms with E-state index >= 15 is 0 Å². The molecule has 0 spiro atoms. The molecule has 2 rings (SSSR count). The molecule has 0 unspecified atom stereocenters. The van der Waals surface area contributed by atoms with E-state index in [1.54, 1.807) is 13.0 Å². The van der Waals surface area contributed by atoms with Crippen LogP contribution in [-0.2, 0) is 20.4 Å². The fourth-order valence-electron chi connectivity index (χ4n) is 2.13. The lowest BCUT2D eigenvalue weighted by Crippen LogP contribution is -2.31. The van der Waals surface area contributed by atoms with Gasteiger partial charge in [0.2, 0.25) is 0 Å². The highest BCUT2D eigenvalue weighted by molar-refractivity contribution is 8.13. The molecule has 0 aromatic heterocycles. The van der Waals surface area contributed by atoms with Crippen molar-refractivity contribution < 1.29 is 27.4 Å². The minimum atomic E-state index is -4.34. The molecular weight excluding hydrogens is 329 g/mol. The highest BCUT2D eigenvalue weighted by Gasteiger charge is 2.30. The van der Waals surface area contributed by atoms with Gasteiger partial charge in [0.15, 0.2) is 11.4 Å². The molecule has 0 aliphatic carbocycles. The Labute approximate surface area is 136 Å². The van der Waals surface area contributed by atoms with Crippen molar-refractivity contribution in [2.24, 2.45) is 0 Å². The summed E-state index contributed by atoms with van der Waals surface area (Å²) < 4.78 is 48.8. The van der Waals surface area contributed by atoms with Gasteiger partial charge in [-0.25, -0.2) is 0 Å².